The van der Waals surface area contributed by atoms with Crippen LogP contribution in [0.2, 0.25) is 0 Å². The lowest BCUT2D eigenvalue weighted by atomic mass is 9.86. The van der Waals surface area contributed by atoms with Crippen molar-refractivity contribution in [1.29, 1.82) is 0 Å². The number of benzene rings is 4. The first-order valence-electron chi connectivity index (χ1n) is 13.3. The maximum Gasteiger partial charge on any atom is 0.303 e. The molecule has 4 aromatic rings. The summed E-state index contributed by atoms with van der Waals surface area (Å²) in [5, 5.41) is 8.95. The van der Waals surface area contributed by atoms with E-state index in [1.807, 2.05) is 121 Å². The van der Waals surface area contributed by atoms with Crippen molar-refractivity contribution in [2.45, 2.75) is 42.1 Å². The Kier molecular flexibility index (Phi) is 10.8. The molecular formula is C34H32O4S2. The van der Waals surface area contributed by atoms with Crippen LogP contribution in [0.15, 0.2) is 121 Å². The largest absolute Gasteiger partial charge is 0.481 e. The first-order valence-corrected chi connectivity index (χ1v) is 15.0. The lowest BCUT2D eigenvalue weighted by Gasteiger charge is -2.36. The number of carboxylic acids is 1. The van der Waals surface area contributed by atoms with E-state index < -0.39 is 10.7 Å². The number of carboxylic acid groups (broad SMARTS) is 1. The Morgan fingerprint density at radius 1 is 0.650 bits per heavy atom. The van der Waals surface area contributed by atoms with Crippen LogP contribution < -0.4 is 0 Å². The Hall–Kier alpha value is -3.61. The van der Waals surface area contributed by atoms with Crippen LogP contribution in [0.25, 0.3) is 0 Å². The summed E-state index contributed by atoms with van der Waals surface area (Å²) in [6, 6.07) is 38.4. The van der Waals surface area contributed by atoms with Gasteiger partial charge in [0, 0.05) is 22.8 Å². The molecule has 0 saturated carbocycles. The second-order valence-electron chi connectivity index (χ2n) is 9.59. The molecule has 0 spiro atoms. The van der Waals surface area contributed by atoms with E-state index in [1.54, 1.807) is 0 Å². The average molecular weight is 569 g/mol. The average Bonchev–Trinajstić information content (AvgIpc) is 3.00. The number of carbonyl (C=O) groups is 3. The molecular weight excluding hydrogens is 537 g/mol. The van der Waals surface area contributed by atoms with Gasteiger partial charge < -0.3 is 5.11 Å². The number of carbonyl (C=O) groups excluding carboxylic acids is 2. The molecule has 0 radical (unpaired) electrons. The fourth-order valence-electron chi connectivity index (χ4n) is 4.72. The van der Waals surface area contributed by atoms with Crippen molar-refractivity contribution in [3.8, 4) is 0 Å². The Morgan fingerprint density at radius 3 is 1.70 bits per heavy atom. The van der Waals surface area contributed by atoms with Crippen molar-refractivity contribution in [2.75, 3.05) is 0 Å². The quantitative estimate of drug-likeness (QED) is 0.163. The molecule has 2 unspecified atom stereocenters. The van der Waals surface area contributed by atoms with Crippen molar-refractivity contribution in [2.24, 2.45) is 0 Å². The summed E-state index contributed by atoms with van der Waals surface area (Å²) in [6.07, 6.45) is 2.33. The monoisotopic (exact) mass is 568 g/mol. The van der Waals surface area contributed by atoms with Crippen LogP contribution in [-0.2, 0) is 9.54 Å². The van der Waals surface area contributed by atoms with Crippen molar-refractivity contribution in [1.82, 2.24) is 0 Å². The zero-order valence-corrected chi connectivity index (χ0v) is 23.8. The van der Waals surface area contributed by atoms with Crippen LogP contribution in [0.3, 0.4) is 0 Å². The van der Waals surface area contributed by atoms with Crippen LogP contribution in [0.4, 0.5) is 0 Å². The van der Waals surface area contributed by atoms with Gasteiger partial charge in [-0.25, -0.2) is 0 Å². The summed E-state index contributed by atoms with van der Waals surface area (Å²) in [5.41, 5.74) is 3.25. The van der Waals surface area contributed by atoms with Crippen LogP contribution in [0, 0.1) is 0 Å². The van der Waals surface area contributed by atoms with Crippen LogP contribution in [-0.4, -0.2) is 21.3 Å². The molecule has 0 bridgehead atoms. The summed E-state index contributed by atoms with van der Waals surface area (Å²) in [4.78, 5) is 38.5. The Labute approximate surface area is 244 Å². The molecule has 1 N–H and O–H groups in total. The lowest BCUT2D eigenvalue weighted by Crippen LogP contribution is -2.27. The zero-order valence-electron chi connectivity index (χ0n) is 22.1. The van der Waals surface area contributed by atoms with Gasteiger partial charge in [0.2, 0.25) is 10.2 Å². The predicted molar refractivity (Wildman–Crippen MR) is 165 cm³/mol. The van der Waals surface area contributed by atoms with E-state index in [0.29, 0.717) is 36.8 Å². The molecule has 0 saturated heterocycles. The molecule has 0 amide bonds. The molecule has 0 aromatic heterocycles. The van der Waals surface area contributed by atoms with E-state index in [2.05, 4.69) is 0 Å². The van der Waals surface area contributed by atoms with E-state index in [0.717, 1.165) is 11.1 Å². The van der Waals surface area contributed by atoms with Crippen molar-refractivity contribution >= 4 is 39.7 Å². The third-order valence-corrected chi connectivity index (χ3v) is 9.36. The maximum atomic E-state index is 13.7. The maximum absolute atomic E-state index is 13.7. The summed E-state index contributed by atoms with van der Waals surface area (Å²) >= 11 is 2.57. The van der Waals surface area contributed by atoms with Crippen LogP contribution >= 0.6 is 23.5 Å². The number of aliphatic carboxylic acids is 1. The molecule has 204 valence electrons. The first kappa shape index (κ1) is 29.4. The molecule has 6 heteroatoms. The standard InChI is InChI=1S/C34H32O4S2/c35-31(36)23-13-14-24-34(29-21-11-4-12-22-29,40-33(38)28-19-9-3-10-20-28)25-30(26-15-5-1-6-16-26)39-32(37)27-17-7-2-8-18-27/h1-12,15-22,30H,13-14,23-25H2,(H,35,36). The molecule has 0 aliphatic rings. The molecule has 2 atom stereocenters. The molecule has 0 aliphatic heterocycles. The van der Waals surface area contributed by atoms with Gasteiger partial charge >= 0.3 is 5.97 Å². The van der Waals surface area contributed by atoms with Gasteiger partial charge in [-0.15, -0.1) is 0 Å². The number of rotatable bonds is 13. The second-order valence-corrected chi connectivity index (χ2v) is 12.1. The Balaban J connectivity index is 1.75. The molecule has 4 aromatic carbocycles. The second kappa shape index (κ2) is 14.7. The first-order chi connectivity index (χ1) is 19.5. The van der Waals surface area contributed by atoms with Gasteiger partial charge in [-0.05, 0) is 30.4 Å². The normalized spacial score (nSPS) is 13.2. The number of thioether (sulfide) groups is 2. The van der Waals surface area contributed by atoms with E-state index in [-0.39, 0.29) is 21.9 Å². The molecule has 4 nitrogen and oxygen atoms in total. The predicted octanol–water partition coefficient (Wildman–Crippen LogP) is 8.81. The van der Waals surface area contributed by atoms with E-state index in [4.69, 9.17) is 0 Å². The number of hydrogen-bond acceptors (Lipinski definition) is 5. The highest BCUT2D eigenvalue weighted by Gasteiger charge is 2.39. The summed E-state index contributed by atoms with van der Waals surface area (Å²) in [6.45, 7) is 0. The molecule has 0 aliphatic carbocycles. The van der Waals surface area contributed by atoms with Gasteiger partial charge in [-0.1, -0.05) is 151 Å². The molecule has 0 fully saturated rings. The topological polar surface area (TPSA) is 71.4 Å². The highest BCUT2D eigenvalue weighted by molar-refractivity contribution is 8.15. The van der Waals surface area contributed by atoms with E-state index in [9.17, 15) is 19.5 Å². The molecule has 0 heterocycles. The van der Waals surface area contributed by atoms with Gasteiger partial charge in [-0.3, -0.25) is 14.4 Å². The van der Waals surface area contributed by atoms with Crippen molar-refractivity contribution < 1.29 is 19.5 Å². The Bertz CT molecular complexity index is 1380. The van der Waals surface area contributed by atoms with Crippen molar-refractivity contribution in [3.63, 3.8) is 0 Å². The fraction of sp³-hybridized carbons (Fsp3) is 0.206. The minimum absolute atomic E-state index is 0.0262. The minimum atomic E-state index is -0.829. The summed E-state index contributed by atoms with van der Waals surface area (Å²) < 4.78 is -0.683. The van der Waals surface area contributed by atoms with E-state index >= 15 is 0 Å². The van der Waals surface area contributed by atoms with Crippen LogP contribution in [0.1, 0.15) is 69.2 Å². The lowest BCUT2D eigenvalue weighted by molar-refractivity contribution is -0.137. The van der Waals surface area contributed by atoms with Crippen molar-refractivity contribution in [3.05, 3.63) is 144 Å². The minimum Gasteiger partial charge on any atom is -0.481 e. The highest BCUT2D eigenvalue weighted by Crippen LogP contribution is 2.52. The highest BCUT2D eigenvalue weighted by atomic mass is 32.2. The van der Waals surface area contributed by atoms with Gasteiger partial charge in [0.15, 0.2) is 0 Å². The van der Waals surface area contributed by atoms with Gasteiger partial charge in [-0.2, -0.15) is 0 Å². The zero-order chi connectivity index (χ0) is 28.2. The number of unbranched alkanes of at least 4 members (excludes halogenated alkanes) is 1. The third-order valence-electron chi connectivity index (χ3n) is 6.76. The SMILES string of the molecule is O=C(O)CCCCC(CC(SC(=O)c1ccccc1)c1ccccc1)(SC(=O)c1ccccc1)c1ccccc1. The fourth-order valence-corrected chi connectivity index (χ4v) is 7.38. The smallest absolute Gasteiger partial charge is 0.303 e. The van der Waals surface area contributed by atoms with E-state index in [1.165, 1.54) is 23.5 Å². The summed E-state index contributed by atoms with van der Waals surface area (Å²) in [5.74, 6) is -0.829. The Morgan fingerprint density at radius 2 is 1.15 bits per heavy atom. The van der Waals surface area contributed by atoms with Gasteiger partial charge in [0.05, 0.1) is 4.75 Å². The van der Waals surface area contributed by atoms with Gasteiger partial charge in [0.25, 0.3) is 0 Å². The van der Waals surface area contributed by atoms with Crippen LogP contribution in [0.5, 0.6) is 0 Å². The third kappa shape index (κ3) is 8.20. The van der Waals surface area contributed by atoms with Gasteiger partial charge in [0.1, 0.15) is 0 Å². The summed E-state index contributed by atoms with van der Waals surface area (Å²) in [7, 11) is 0. The molecule has 4 rings (SSSR count). The molecule has 40 heavy (non-hydrogen) atoms. The number of hydrogen-bond donors (Lipinski definition) is 1.